The van der Waals surface area contributed by atoms with Crippen molar-refractivity contribution in [3.05, 3.63) is 59.3 Å². The SMILES string of the molecule is O=C(NCCc1ccc(Cl)cc1)c1nc(-c2cnccn2)no1. The zero-order chi connectivity index (χ0) is 16.1. The molecule has 7 nitrogen and oxygen atoms in total. The Bertz CT molecular complexity index is 789. The van der Waals surface area contributed by atoms with Crippen molar-refractivity contribution in [2.45, 2.75) is 6.42 Å². The molecular weight excluding hydrogens is 318 g/mol. The van der Waals surface area contributed by atoms with Crippen molar-refractivity contribution in [1.29, 1.82) is 0 Å². The fraction of sp³-hybridized carbons (Fsp3) is 0.133. The second kappa shape index (κ2) is 6.97. The van der Waals surface area contributed by atoms with Crippen LogP contribution in [0.2, 0.25) is 5.02 Å². The van der Waals surface area contributed by atoms with E-state index in [0.29, 0.717) is 23.7 Å². The fourth-order valence-corrected chi connectivity index (χ4v) is 2.01. The number of benzene rings is 1. The highest BCUT2D eigenvalue weighted by molar-refractivity contribution is 6.30. The Labute approximate surface area is 136 Å². The van der Waals surface area contributed by atoms with Crippen LogP contribution in [0.3, 0.4) is 0 Å². The Balaban J connectivity index is 1.56. The number of nitrogens with zero attached hydrogens (tertiary/aromatic N) is 4. The normalized spacial score (nSPS) is 10.5. The Hall–Kier alpha value is -2.80. The number of carbonyl (C=O) groups excluding carboxylic acids is 1. The lowest BCUT2D eigenvalue weighted by Gasteiger charge is -2.02. The number of aromatic nitrogens is 4. The lowest BCUT2D eigenvalue weighted by atomic mass is 10.1. The van der Waals surface area contributed by atoms with Gasteiger partial charge < -0.3 is 9.84 Å². The highest BCUT2D eigenvalue weighted by Crippen LogP contribution is 2.11. The first kappa shape index (κ1) is 15.1. The number of hydrogen-bond donors (Lipinski definition) is 1. The number of hydrogen-bond acceptors (Lipinski definition) is 6. The zero-order valence-electron chi connectivity index (χ0n) is 11.9. The van der Waals surface area contributed by atoms with Gasteiger partial charge in [0.05, 0.1) is 6.20 Å². The Morgan fingerprint density at radius 2 is 2.04 bits per heavy atom. The summed E-state index contributed by atoms with van der Waals surface area (Å²) in [5.41, 5.74) is 1.51. The number of rotatable bonds is 5. The zero-order valence-corrected chi connectivity index (χ0v) is 12.7. The van der Waals surface area contributed by atoms with E-state index in [2.05, 4.69) is 25.4 Å². The minimum atomic E-state index is -0.429. The molecule has 0 aliphatic rings. The third-order valence-electron chi connectivity index (χ3n) is 3.03. The maximum Gasteiger partial charge on any atom is 0.316 e. The molecule has 0 bridgehead atoms. The van der Waals surface area contributed by atoms with Crippen LogP contribution in [0.4, 0.5) is 0 Å². The van der Waals surface area contributed by atoms with E-state index in [1.165, 1.54) is 18.6 Å². The van der Waals surface area contributed by atoms with Gasteiger partial charge in [0.15, 0.2) is 0 Å². The molecule has 3 rings (SSSR count). The van der Waals surface area contributed by atoms with Crippen molar-refractivity contribution in [2.24, 2.45) is 0 Å². The van der Waals surface area contributed by atoms with Gasteiger partial charge >= 0.3 is 11.8 Å². The lowest BCUT2D eigenvalue weighted by molar-refractivity contribution is 0.0910. The highest BCUT2D eigenvalue weighted by Gasteiger charge is 2.16. The number of halogens is 1. The van der Waals surface area contributed by atoms with Crippen LogP contribution >= 0.6 is 11.6 Å². The number of nitrogens with one attached hydrogen (secondary N) is 1. The van der Waals surface area contributed by atoms with Gasteiger partial charge in [-0.15, -0.1) is 0 Å². The van der Waals surface area contributed by atoms with E-state index in [0.717, 1.165) is 5.56 Å². The predicted octanol–water partition coefficient (Wildman–Crippen LogP) is 2.15. The summed E-state index contributed by atoms with van der Waals surface area (Å²) in [5, 5.41) is 7.12. The second-order valence-corrected chi connectivity index (χ2v) is 5.08. The average Bonchev–Trinajstić information content (AvgIpc) is 3.07. The van der Waals surface area contributed by atoms with Gasteiger partial charge in [0.1, 0.15) is 5.69 Å². The largest absolute Gasteiger partial charge is 0.347 e. The molecule has 23 heavy (non-hydrogen) atoms. The van der Waals surface area contributed by atoms with Crippen LogP contribution in [0.25, 0.3) is 11.5 Å². The minimum absolute atomic E-state index is 0.109. The summed E-state index contributed by atoms with van der Waals surface area (Å²) in [6.07, 6.45) is 5.21. The molecule has 2 heterocycles. The van der Waals surface area contributed by atoms with Crippen molar-refractivity contribution in [3.63, 3.8) is 0 Å². The fourth-order valence-electron chi connectivity index (χ4n) is 1.88. The first-order valence-corrected chi connectivity index (χ1v) is 7.23. The van der Waals surface area contributed by atoms with Crippen LogP contribution in [-0.4, -0.2) is 32.6 Å². The van der Waals surface area contributed by atoms with E-state index in [1.54, 1.807) is 0 Å². The summed E-state index contributed by atoms with van der Waals surface area (Å²) >= 11 is 5.82. The molecule has 1 amide bonds. The van der Waals surface area contributed by atoms with Gasteiger partial charge in [0.2, 0.25) is 5.82 Å². The smallest absolute Gasteiger partial charge is 0.316 e. The third-order valence-corrected chi connectivity index (χ3v) is 3.28. The van der Waals surface area contributed by atoms with Crippen molar-refractivity contribution in [3.8, 4) is 11.5 Å². The van der Waals surface area contributed by atoms with Crippen LogP contribution in [0.5, 0.6) is 0 Å². The van der Waals surface area contributed by atoms with Crippen molar-refractivity contribution < 1.29 is 9.32 Å². The molecule has 0 atom stereocenters. The highest BCUT2D eigenvalue weighted by atomic mass is 35.5. The molecule has 1 aromatic carbocycles. The molecule has 0 radical (unpaired) electrons. The molecule has 0 saturated heterocycles. The summed E-state index contributed by atoms with van der Waals surface area (Å²) in [4.78, 5) is 23.9. The molecule has 0 aliphatic heterocycles. The minimum Gasteiger partial charge on any atom is -0.347 e. The molecule has 0 saturated carbocycles. The van der Waals surface area contributed by atoms with E-state index in [9.17, 15) is 4.79 Å². The molecule has 1 N–H and O–H groups in total. The van der Waals surface area contributed by atoms with Crippen molar-refractivity contribution in [1.82, 2.24) is 25.4 Å². The van der Waals surface area contributed by atoms with Gasteiger partial charge in [0, 0.05) is 24.0 Å². The lowest BCUT2D eigenvalue weighted by Crippen LogP contribution is -2.26. The monoisotopic (exact) mass is 329 g/mol. The molecule has 0 aliphatic carbocycles. The molecule has 8 heteroatoms. The van der Waals surface area contributed by atoms with Crippen molar-refractivity contribution in [2.75, 3.05) is 6.54 Å². The van der Waals surface area contributed by atoms with E-state index in [1.807, 2.05) is 24.3 Å². The maximum atomic E-state index is 12.0. The molecule has 0 unspecified atom stereocenters. The van der Waals surface area contributed by atoms with Gasteiger partial charge in [-0.05, 0) is 24.1 Å². The maximum absolute atomic E-state index is 12.0. The van der Waals surface area contributed by atoms with Crippen LogP contribution in [0, 0.1) is 0 Å². The molecular formula is C15H12ClN5O2. The first-order valence-electron chi connectivity index (χ1n) is 6.85. The first-order chi connectivity index (χ1) is 11.2. The topological polar surface area (TPSA) is 93.8 Å². The summed E-state index contributed by atoms with van der Waals surface area (Å²) in [7, 11) is 0. The van der Waals surface area contributed by atoms with Crippen LogP contribution in [0.1, 0.15) is 16.2 Å². The van der Waals surface area contributed by atoms with Gasteiger partial charge in [-0.2, -0.15) is 4.98 Å². The second-order valence-electron chi connectivity index (χ2n) is 4.65. The predicted molar refractivity (Wildman–Crippen MR) is 82.8 cm³/mol. The summed E-state index contributed by atoms with van der Waals surface area (Å²) in [6.45, 7) is 0.448. The van der Waals surface area contributed by atoms with Crippen molar-refractivity contribution >= 4 is 17.5 Å². The summed E-state index contributed by atoms with van der Waals surface area (Å²) in [6, 6.07) is 7.44. The van der Waals surface area contributed by atoms with E-state index >= 15 is 0 Å². The summed E-state index contributed by atoms with van der Waals surface area (Å²) < 4.78 is 4.94. The van der Waals surface area contributed by atoms with Crippen LogP contribution in [-0.2, 0) is 6.42 Å². The third kappa shape index (κ3) is 3.89. The molecule has 116 valence electrons. The van der Waals surface area contributed by atoms with Crippen LogP contribution in [0.15, 0.2) is 47.4 Å². The molecule has 2 aromatic heterocycles. The van der Waals surface area contributed by atoms with Gasteiger partial charge in [-0.3, -0.25) is 9.78 Å². The Morgan fingerprint density at radius 1 is 1.22 bits per heavy atom. The quantitative estimate of drug-likeness (QED) is 0.770. The molecule has 0 fully saturated rings. The average molecular weight is 330 g/mol. The number of amides is 1. The standard InChI is InChI=1S/C15H12ClN5O2/c16-11-3-1-10(2-4-11)5-6-19-14(22)15-20-13(21-23-15)12-9-17-7-8-18-12/h1-4,7-9H,5-6H2,(H,19,22). The van der Waals surface area contributed by atoms with E-state index < -0.39 is 5.91 Å². The van der Waals surface area contributed by atoms with Gasteiger partial charge in [0.25, 0.3) is 0 Å². The van der Waals surface area contributed by atoms with Crippen LogP contribution < -0.4 is 5.32 Å². The Morgan fingerprint density at radius 3 is 2.78 bits per heavy atom. The molecule has 0 spiro atoms. The van der Waals surface area contributed by atoms with E-state index in [4.69, 9.17) is 16.1 Å². The molecule has 3 aromatic rings. The van der Waals surface area contributed by atoms with Gasteiger partial charge in [-0.25, -0.2) is 4.98 Å². The Kier molecular flexibility index (Phi) is 4.58. The number of carbonyl (C=O) groups is 1. The summed E-state index contributed by atoms with van der Waals surface area (Å²) in [5.74, 6) is -0.315. The van der Waals surface area contributed by atoms with Gasteiger partial charge in [-0.1, -0.05) is 28.9 Å². The van der Waals surface area contributed by atoms with E-state index in [-0.39, 0.29) is 11.7 Å².